The average Bonchev–Trinajstić information content (AvgIpc) is 3.50. The number of aryl methyl sites for hydroxylation is 1. The molecule has 4 aromatic rings. The molecular weight excluding hydrogens is 478 g/mol. The highest BCUT2D eigenvalue weighted by Crippen LogP contribution is 2.41. The average molecular weight is 507 g/mol. The number of nitrogens with zero attached hydrogens (tertiary/aromatic N) is 6. The van der Waals surface area contributed by atoms with Crippen LogP contribution in [0.5, 0.6) is 0 Å². The lowest BCUT2D eigenvalue weighted by atomic mass is 9.98. The number of rotatable bonds is 4. The van der Waals surface area contributed by atoms with Crippen LogP contribution < -0.4 is 0 Å². The molecule has 1 fully saturated rings. The Hall–Kier alpha value is -3.66. The second-order valence-corrected chi connectivity index (χ2v) is 9.89. The summed E-state index contributed by atoms with van der Waals surface area (Å²) in [6, 6.07) is 6.75. The van der Waals surface area contributed by atoms with Gasteiger partial charge < -0.3 is 14.2 Å². The Balaban J connectivity index is 1.58. The number of fused-ring (bicyclic) bond motifs is 2. The molecule has 1 aromatic carbocycles. The van der Waals surface area contributed by atoms with E-state index in [9.17, 15) is 13.6 Å². The summed E-state index contributed by atoms with van der Waals surface area (Å²) in [6.07, 6.45) is 2.17. The van der Waals surface area contributed by atoms with Crippen molar-refractivity contribution in [1.29, 1.82) is 0 Å². The lowest BCUT2D eigenvalue weighted by Crippen LogP contribution is -2.40. The molecule has 192 valence electrons. The minimum Gasteiger partial charge on any atom is -0.381 e. The smallest absolute Gasteiger partial charge is 0.265 e. The Bertz CT molecular complexity index is 1500. The SMILES string of the molecule is CC1C(=O)N(C)Cc2c(-c3cccc4nc(-c5cnn(C)c5)c(C(F)F)cc34)nc(C3CCOCC3)n21. The van der Waals surface area contributed by atoms with Crippen LogP contribution in [0.3, 0.4) is 0 Å². The van der Waals surface area contributed by atoms with Crippen LogP contribution >= 0.6 is 0 Å². The van der Waals surface area contributed by atoms with Gasteiger partial charge in [-0.3, -0.25) is 9.48 Å². The summed E-state index contributed by atoms with van der Waals surface area (Å²) in [7, 11) is 3.53. The number of ether oxygens (including phenoxy) is 1. The van der Waals surface area contributed by atoms with Crippen molar-refractivity contribution in [2.45, 2.75) is 44.7 Å². The Morgan fingerprint density at radius 3 is 2.59 bits per heavy atom. The van der Waals surface area contributed by atoms with Gasteiger partial charge in [-0.05, 0) is 31.9 Å². The Morgan fingerprint density at radius 1 is 1.11 bits per heavy atom. The highest BCUT2D eigenvalue weighted by atomic mass is 19.3. The van der Waals surface area contributed by atoms with Crippen molar-refractivity contribution in [2.75, 3.05) is 20.3 Å². The fourth-order valence-electron chi connectivity index (χ4n) is 5.62. The molecule has 2 aliphatic rings. The normalized spacial score (nSPS) is 18.7. The Morgan fingerprint density at radius 2 is 1.89 bits per heavy atom. The summed E-state index contributed by atoms with van der Waals surface area (Å²) in [5.41, 5.74) is 3.59. The molecule has 37 heavy (non-hydrogen) atoms. The maximum atomic E-state index is 14.3. The number of alkyl halides is 2. The summed E-state index contributed by atoms with van der Waals surface area (Å²) in [5, 5.41) is 4.74. The highest BCUT2D eigenvalue weighted by molar-refractivity contribution is 5.96. The number of amides is 1. The fraction of sp³-hybridized carbons (Fsp3) is 0.407. The minimum absolute atomic E-state index is 0.0328. The molecule has 10 heteroatoms. The molecule has 8 nitrogen and oxygen atoms in total. The fourth-order valence-corrected chi connectivity index (χ4v) is 5.62. The van der Waals surface area contributed by atoms with E-state index in [0.717, 1.165) is 35.6 Å². The molecule has 6 rings (SSSR count). The van der Waals surface area contributed by atoms with E-state index in [1.165, 1.54) is 6.07 Å². The number of aromatic nitrogens is 5. The van der Waals surface area contributed by atoms with E-state index in [1.54, 1.807) is 36.1 Å². The van der Waals surface area contributed by atoms with Gasteiger partial charge in [0.05, 0.1) is 35.3 Å². The zero-order valence-corrected chi connectivity index (χ0v) is 21.0. The first-order valence-electron chi connectivity index (χ1n) is 12.5. The lowest BCUT2D eigenvalue weighted by Gasteiger charge is -2.32. The molecule has 0 radical (unpaired) electrons. The number of imidazole rings is 1. The van der Waals surface area contributed by atoms with E-state index in [4.69, 9.17) is 9.72 Å². The molecule has 5 heterocycles. The zero-order chi connectivity index (χ0) is 25.8. The van der Waals surface area contributed by atoms with Gasteiger partial charge in [-0.25, -0.2) is 18.7 Å². The van der Waals surface area contributed by atoms with Gasteiger partial charge in [0.15, 0.2) is 0 Å². The largest absolute Gasteiger partial charge is 0.381 e. The van der Waals surface area contributed by atoms with Gasteiger partial charge in [0.1, 0.15) is 11.9 Å². The van der Waals surface area contributed by atoms with Crippen LogP contribution in [0.1, 0.15) is 55.2 Å². The third kappa shape index (κ3) is 3.90. The minimum atomic E-state index is -2.71. The first kappa shape index (κ1) is 23.7. The Labute approximate surface area is 212 Å². The third-order valence-electron chi connectivity index (χ3n) is 7.49. The number of benzene rings is 1. The lowest BCUT2D eigenvalue weighted by molar-refractivity contribution is -0.135. The van der Waals surface area contributed by atoms with Crippen LogP contribution in [0, 0.1) is 0 Å². The molecular formula is C27H28F2N6O2. The molecule has 1 unspecified atom stereocenters. The highest BCUT2D eigenvalue weighted by Gasteiger charge is 2.36. The van der Waals surface area contributed by atoms with Gasteiger partial charge in [0.2, 0.25) is 5.91 Å². The van der Waals surface area contributed by atoms with Crippen LogP contribution in [-0.2, 0) is 23.1 Å². The standard InChI is InChI=1S/C27H28F2N6O2/c1-15-27(36)33(2)14-22-24(32-26(35(15)22)16-7-9-37-10-8-16)18-5-4-6-21-19(18)11-20(25(28)29)23(31-21)17-12-30-34(3)13-17/h4-6,11-13,15-16,25H,7-10,14H2,1-3H3. The van der Waals surface area contributed by atoms with Crippen LogP contribution in [0.2, 0.25) is 0 Å². The number of hydrogen-bond acceptors (Lipinski definition) is 5. The van der Waals surface area contributed by atoms with Crippen molar-refractivity contribution < 1.29 is 18.3 Å². The van der Waals surface area contributed by atoms with E-state index in [2.05, 4.69) is 14.6 Å². The van der Waals surface area contributed by atoms with E-state index < -0.39 is 12.5 Å². The van der Waals surface area contributed by atoms with Crippen LogP contribution in [-0.4, -0.2) is 55.4 Å². The van der Waals surface area contributed by atoms with Gasteiger partial charge in [0.25, 0.3) is 6.43 Å². The predicted molar refractivity (Wildman–Crippen MR) is 134 cm³/mol. The molecule has 0 saturated carbocycles. The number of carbonyl (C=O) groups is 1. The summed E-state index contributed by atoms with van der Waals surface area (Å²) in [6.45, 7) is 3.60. The summed E-state index contributed by atoms with van der Waals surface area (Å²) in [5.74, 6) is 1.07. The third-order valence-corrected chi connectivity index (χ3v) is 7.49. The van der Waals surface area contributed by atoms with Crippen molar-refractivity contribution in [1.82, 2.24) is 29.2 Å². The molecule has 0 bridgehead atoms. The van der Waals surface area contributed by atoms with Crippen molar-refractivity contribution in [3.05, 3.63) is 53.7 Å². The molecule has 2 aliphatic heterocycles. The van der Waals surface area contributed by atoms with E-state index >= 15 is 0 Å². The first-order valence-corrected chi connectivity index (χ1v) is 12.5. The number of hydrogen-bond donors (Lipinski definition) is 0. The van der Waals surface area contributed by atoms with Crippen molar-refractivity contribution in [2.24, 2.45) is 7.05 Å². The molecule has 0 aliphatic carbocycles. The van der Waals surface area contributed by atoms with E-state index in [1.807, 2.05) is 25.1 Å². The van der Waals surface area contributed by atoms with Gasteiger partial charge in [-0.2, -0.15) is 5.10 Å². The van der Waals surface area contributed by atoms with E-state index in [-0.39, 0.29) is 23.1 Å². The molecule has 0 N–H and O–H groups in total. The maximum absolute atomic E-state index is 14.3. The van der Waals surface area contributed by atoms with Crippen molar-refractivity contribution >= 4 is 16.8 Å². The number of likely N-dealkylation sites (N-methyl/N-ethyl adjacent to an activating group) is 1. The Kier molecular flexibility index (Phi) is 5.78. The van der Waals surface area contributed by atoms with Crippen LogP contribution in [0.25, 0.3) is 33.4 Å². The number of halogens is 2. The summed E-state index contributed by atoms with van der Waals surface area (Å²) in [4.78, 5) is 24.4. The van der Waals surface area contributed by atoms with Crippen LogP contribution in [0.4, 0.5) is 8.78 Å². The second kappa shape index (κ2) is 9.02. The zero-order valence-electron chi connectivity index (χ0n) is 21.0. The topological polar surface area (TPSA) is 78.1 Å². The summed E-state index contributed by atoms with van der Waals surface area (Å²) < 4.78 is 37.8. The first-order chi connectivity index (χ1) is 17.8. The molecule has 1 amide bonds. The molecule has 1 atom stereocenters. The maximum Gasteiger partial charge on any atom is 0.265 e. The van der Waals surface area contributed by atoms with Crippen LogP contribution in [0.15, 0.2) is 36.7 Å². The van der Waals surface area contributed by atoms with Crippen molar-refractivity contribution in [3.8, 4) is 22.5 Å². The van der Waals surface area contributed by atoms with Gasteiger partial charge in [0, 0.05) is 61.5 Å². The second-order valence-electron chi connectivity index (χ2n) is 9.89. The molecule has 1 saturated heterocycles. The predicted octanol–water partition coefficient (Wildman–Crippen LogP) is 4.86. The summed E-state index contributed by atoms with van der Waals surface area (Å²) >= 11 is 0. The number of carbonyl (C=O) groups excluding carboxylic acids is 1. The number of pyridine rings is 1. The molecule has 0 spiro atoms. The monoisotopic (exact) mass is 506 g/mol. The van der Waals surface area contributed by atoms with Gasteiger partial charge in [-0.1, -0.05) is 12.1 Å². The van der Waals surface area contributed by atoms with Gasteiger partial charge in [-0.15, -0.1) is 0 Å². The van der Waals surface area contributed by atoms with E-state index in [0.29, 0.717) is 36.2 Å². The quantitative estimate of drug-likeness (QED) is 0.395. The van der Waals surface area contributed by atoms with Crippen molar-refractivity contribution in [3.63, 3.8) is 0 Å². The molecule has 3 aromatic heterocycles. The van der Waals surface area contributed by atoms with Gasteiger partial charge >= 0.3 is 0 Å².